The van der Waals surface area contributed by atoms with Gasteiger partial charge in [-0.2, -0.15) is 5.26 Å². The van der Waals surface area contributed by atoms with Crippen LogP contribution in [0.25, 0.3) is 0 Å². The van der Waals surface area contributed by atoms with Gasteiger partial charge < -0.3 is 0 Å². The molecule has 0 N–H and O–H groups in total. The lowest BCUT2D eigenvalue weighted by Crippen LogP contribution is -2.27. The van der Waals surface area contributed by atoms with Crippen LogP contribution in [0.5, 0.6) is 0 Å². The Morgan fingerprint density at radius 2 is 2.00 bits per heavy atom. The van der Waals surface area contributed by atoms with Crippen molar-refractivity contribution < 1.29 is 0 Å². The van der Waals surface area contributed by atoms with Crippen molar-refractivity contribution in [3.63, 3.8) is 0 Å². The van der Waals surface area contributed by atoms with Crippen LogP contribution >= 0.6 is 23.2 Å². The molecule has 0 heterocycles. The third-order valence-corrected chi connectivity index (χ3v) is 4.89. The minimum absolute atomic E-state index is 0.249. The van der Waals surface area contributed by atoms with E-state index in [4.69, 9.17) is 23.2 Å². The fraction of sp³-hybridized carbons (Fsp3) is 0.533. The van der Waals surface area contributed by atoms with Crippen molar-refractivity contribution in [1.82, 2.24) is 0 Å². The lowest BCUT2D eigenvalue weighted by Gasteiger charge is -2.34. The average molecular weight is 282 g/mol. The molecule has 0 spiro atoms. The molecule has 1 aliphatic rings. The van der Waals surface area contributed by atoms with Crippen LogP contribution in [-0.4, -0.2) is 0 Å². The number of nitrogens with zero attached hydrogens (tertiary/aromatic N) is 1. The first-order valence-corrected chi connectivity index (χ1v) is 7.16. The van der Waals surface area contributed by atoms with Crippen molar-refractivity contribution in [1.29, 1.82) is 5.26 Å². The first-order valence-electron chi connectivity index (χ1n) is 6.40. The second kappa shape index (κ2) is 5.51. The second-order valence-corrected chi connectivity index (χ2v) is 6.25. The van der Waals surface area contributed by atoms with Gasteiger partial charge in [-0.15, -0.1) is 0 Å². The molecule has 1 fully saturated rings. The molecule has 1 nitrogen and oxygen atoms in total. The Morgan fingerprint density at radius 3 is 2.61 bits per heavy atom. The van der Waals surface area contributed by atoms with E-state index in [0.29, 0.717) is 10.0 Å². The fourth-order valence-corrected chi connectivity index (χ4v) is 3.08. The molecule has 0 amide bonds. The van der Waals surface area contributed by atoms with Crippen LogP contribution in [0.15, 0.2) is 18.2 Å². The quantitative estimate of drug-likeness (QED) is 0.726. The molecule has 1 aliphatic carbocycles. The summed E-state index contributed by atoms with van der Waals surface area (Å²) >= 11 is 12.2. The predicted octanol–water partition coefficient (Wildman–Crippen LogP) is 5.26. The number of hydrogen-bond donors (Lipinski definition) is 0. The van der Waals surface area contributed by atoms with Crippen LogP contribution in [0.4, 0.5) is 0 Å². The largest absolute Gasteiger partial charge is 0.198 e. The van der Waals surface area contributed by atoms with E-state index >= 15 is 0 Å². The van der Waals surface area contributed by atoms with E-state index in [2.05, 4.69) is 13.0 Å². The van der Waals surface area contributed by atoms with E-state index in [-0.39, 0.29) is 5.41 Å². The zero-order chi connectivity index (χ0) is 13.2. The first kappa shape index (κ1) is 13.7. The smallest absolute Gasteiger partial charge is 0.0693 e. The minimum atomic E-state index is -0.249. The van der Waals surface area contributed by atoms with Crippen LogP contribution in [0.3, 0.4) is 0 Å². The van der Waals surface area contributed by atoms with Gasteiger partial charge in [-0.1, -0.05) is 42.3 Å². The summed E-state index contributed by atoms with van der Waals surface area (Å²) in [6.07, 6.45) is 4.91. The number of nitriles is 1. The monoisotopic (exact) mass is 281 g/mol. The zero-order valence-corrected chi connectivity index (χ0v) is 12.1. The average Bonchev–Trinajstić information content (AvgIpc) is 2.38. The molecule has 1 saturated carbocycles. The van der Waals surface area contributed by atoms with Gasteiger partial charge in [0.2, 0.25) is 0 Å². The molecule has 0 aromatic heterocycles. The molecule has 0 atom stereocenters. The maximum absolute atomic E-state index is 9.52. The number of hydrogen-bond acceptors (Lipinski definition) is 1. The topological polar surface area (TPSA) is 23.8 Å². The maximum atomic E-state index is 9.52. The predicted molar refractivity (Wildman–Crippen MR) is 75.8 cm³/mol. The van der Waals surface area contributed by atoms with Gasteiger partial charge >= 0.3 is 0 Å². The maximum Gasteiger partial charge on any atom is 0.0693 e. The van der Waals surface area contributed by atoms with Gasteiger partial charge in [0, 0.05) is 0 Å². The minimum Gasteiger partial charge on any atom is -0.198 e. The van der Waals surface area contributed by atoms with E-state index in [0.717, 1.165) is 43.6 Å². The highest BCUT2D eigenvalue weighted by Crippen LogP contribution is 2.42. The summed E-state index contributed by atoms with van der Waals surface area (Å²) in [5, 5.41) is 10.7. The summed E-state index contributed by atoms with van der Waals surface area (Å²) in [6.45, 7) is 2.26. The highest BCUT2D eigenvalue weighted by molar-refractivity contribution is 6.42. The molecule has 96 valence electrons. The lowest BCUT2D eigenvalue weighted by atomic mass is 9.69. The molecule has 0 saturated heterocycles. The second-order valence-electron chi connectivity index (χ2n) is 5.46. The Kier molecular flexibility index (Phi) is 4.20. The van der Waals surface area contributed by atoms with Crippen molar-refractivity contribution in [2.45, 2.75) is 39.0 Å². The zero-order valence-electron chi connectivity index (χ0n) is 10.5. The highest BCUT2D eigenvalue weighted by atomic mass is 35.5. The molecule has 2 rings (SSSR count). The molecule has 18 heavy (non-hydrogen) atoms. The summed E-state index contributed by atoms with van der Waals surface area (Å²) in [6, 6.07) is 8.20. The Bertz CT molecular complexity index is 468. The highest BCUT2D eigenvalue weighted by Gasteiger charge is 2.35. The van der Waals surface area contributed by atoms with Crippen molar-refractivity contribution in [2.75, 3.05) is 0 Å². The molecule has 0 unspecified atom stereocenters. The Labute approximate surface area is 119 Å². The summed E-state index contributed by atoms with van der Waals surface area (Å²) < 4.78 is 0. The Morgan fingerprint density at radius 1 is 1.33 bits per heavy atom. The van der Waals surface area contributed by atoms with Crippen LogP contribution in [-0.2, 0) is 6.42 Å². The summed E-state index contributed by atoms with van der Waals surface area (Å²) in [4.78, 5) is 0. The van der Waals surface area contributed by atoms with E-state index in [1.165, 1.54) is 0 Å². The molecule has 3 heteroatoms. The van der Waals surface area contributed by atoms with Crippen molar-refractivity contribution in [2.24, 2.45) is 11.3 Å². The summed E-state index contributed by atoms with van der Waals surface area (Å²) in [7, 11) is 0. The fourth-order valence-electron chi connectivity index (χ4n) is 2.69. The molecule has 0 bridgehead atoms. The molecule has 0 aliphatic heterocycles. The van der Waals surface area contributed by atoms with E-state index < -0.39 is 0 Å². The normalized spacial score (nSPS) is 27.8. The molecule has 1 aromatic carbocycles. The molecular formula is C15H17Cl2N. The van der Waals surface area contributed by atoms with Crippen LogP contribution in [0.1, 0.15) is 38.2 Å². The standard InChI is InChI=1S/C15H17Cl2N/c1-11-5-7-15(10-18,8-6-11)9-12-3-2-4-13(16)14(12)17/h2-4,11H,5-9H2,1H3. The van der Waals surface area contributed by atoms with Gasteiger partial charge in [-0.05, 0) is 49.7 Å². The van der Waals surface area contributed by atoms with Gasteiger partial charge in [0.25, 0.3) is 0 Å². The molecule has 1 aromatic rings. The van der Waals surface area contributed by atoms with Gasteiger partial charge in [0.05, 0.1) is 21.5 Å². The first-order chi connectivity index (χ1) is 8.56. The van der Waals surface area contributed by atoms with Gasteiger partial charge in [0.1, 0.15) is 0 Å². The van der Waals surface area contributed by atoms with E-state index in [1.54, 1.807) is 6.07 Å². The van der Waals surface area contributed by atoms with Crippen LogP contribution in [0.2, 0.25) is 10.0 Å². The van der Waals surface area contributed by atoms with Crippen molar-refractivity contribution in [3.05, 3.63) is 33.8 Å². The third-order valence-electron chi connectivity index (χ3n) is 4.03. The van der Waals surface area contributed by atoms with E-state index in [1.807, 2.05) is 12.1 Å². The Hall–Kier alpha value is -0.710. The van der Waals surface area contributed by atoms with Crippen molar-refractivity contribution >= 4 is 23.2 Å². The SMILES string of the molecule is CC1CCC(C#N)(Cc2cccc(Cl)c2Cl)CC1. The summed E-state index contributed by atoms with van der Waals surface area (Å²) in [5.41, 5.74) is 0.751. The van der Waals surface area contributed by atoms with Crippen molar-refractivity contribution in [3.8, 4) is 6.07 Å². The van der Waals surface area contributed by atoms with Gasteiger partial charge in [0.15, 0.2) is 0 Å². The lowest BCUT2D eigenvalue weighted by molar-refractivity contribution is 0.219. The molecule has 0 radical (unpaired) electrons. The number of benzene rings is 1. The Balaban J connectivity index is 2.21. The van der Waals surface area contributed by atoms with Crippen LogP contribution < -0.4 is 0 Å². The van der Waals surface area contributed by atoms with Crippen LogP contribution in [0, 0.1) is 22.7 Å². The summed E-state index contributed by atoms with van der Waals surface area (Å²) in [5.74, 6) is 0.737. The van der Waals surface area contributed by atoms with Gasteiger partial charge in [-0.3, -0.25) is 0 Å². The van der Waals surface area contributed by atoms with Gasteiger partial charge in [-0.25, -0.2) is 0 Å². The molecular weight excluding hydrogens is 265 g/mol. The van der Waals surface area contributed by atoms with E-state index in [9.17, 15) is 5.26 Å². The number of rotatable bonds is 2. The number of halogens is 2. The third kappa shape index (κ3) is 2.82.